The van der Waals surface area contributed by atoms with Crippen molar-refractivity contribution in [3.63, 3.8) is 0 Å². The Labute approximate surface area is 138 Å². The topological polar surface area (TPSA) is 39.7 Å². The normalized spacial score (nSPS) is 25.7. The molecule has 1 atom stereocenters. The Balaban J connectivity index is 1.71. The molecule has 1 aromatic heterocycles. The standard InChI is InChI=1S/C18H26N4O/c1-13-9-15-17(19-10-13)21-8-7-20(2)12-16(21)18(23)22(15)11-14-5-3-4-6-14/h9-10,14,16H,3-8,11-12H2,1-2H3/t16-/m1/s1. The number of aryl methyl sites for hydroxylation is 1. The molecule has 5 nitrogen and oxygen atoms in total. The average Bonchev–Trinajstić information content (AvgIpc) is 3.04. The van der Waals surface area contributed by atoms with Gasteiger partial charge in [0.15, 0.2) is 5.82 Å². The highest BCUT2D eigenvalue weighted by atomic mass is 16.2. The predicted molar refractivity (Wildman–Crippen MR) is 91.9 cm³/mol. The average molecular weight is 314 g/mol. The molecule has 5 heteroatoms. The van der Waals surface area contributed by atoms with Crippen molar-refractivity contribution >= 4 is 17.4 Å². The SMILES string of the molecule is Cc1cnc2c(c1)N(CC1CCCC1)C(=O)[C@H]1CN(C)CCN21. The third-order valence-electron chi connectivity index (χ3n) is 5.60. The van der Waals surface area contributed by atoms with Gasteiger partial charge < -0.3 is 14.7 Å². The Morgan fingerprint density at radius 2 is 2.04 bits per heavy atom. The smallest absolute Gasteiger partial charge is 0.251 e. The van der Waals surface area contributed by atoms with Crippen molar-refractivity contribution in [2.75, 3.05) is 43.0 Å². The molecule has 3 heterocycles. The number of carbonyl (C=O) groups excluding carboxylic acids is 1. The summed E-state index contributed by atoms with van der Waals surface area (Å²) in [6.45, 7) is 5.59. The van der Waals surface area contributed by atoms with E-state index in [2.05, 4.69) is 29.8 Å². The summed E-state index contributed by atoms with van der Waals surface area (Å²) in [4.78, 5) is 24.4. The zero-order valence-corrected chi connectivity index (χ0v) is 14.2. The minimum Gasteiger partial charge on any atom is -0.340 e. The van der Waals surface area contributed by atoms with Crippen molar-refractivity contribution in [2.45, 2.75) is 38.6 Å². The van der Waals surface area contributed by atoms with E-state index in [4.69, 9.17) is 4.98 Å². The van der Waals surface area contributed by atoms with E-state index in [1.807, 2.05) is 11.1 Å². The second kappa shape index (κ2) is 5.78. The summed E-state index contributed by atoms with van der Waals surface area (Å²) < 4.78 is 0. The van der Waals surface area contributed by atoms with Crippen LogP contribution in [-0.4, -0.2) is 55.1 Å². The molecule has 1 aliphatic carbocycles. The highest BCUT2D eigenvalue weighted by molar-refractivity contribution is 6.05. The minimum atomic E-state index is -0.0714. The van der Waals surface area contributed by atoms with E-state index in [0.29, 0.717) is 5.92 Å². The van der Waals surface area contributed by atoms with Crippen LogP contribution in [0.2, 0.25) is 0 Å². The zero-order chi connectivity index (χ0) is 16.0. The summed E-state index contributed by atoms with van der Waals surface area (Å²) >= 11 is 0. The number of fused-ring (bicyclic) bond motifs is 3. The Morgan fingerprint density at radius 1 is 1.26 bits per heavy atom. The van der Waals surface area contributed by atoms with Gasteiger partial charge in [-0.25, -0.2) is 4.98 Å². The van der Waals surface area contributed by atoms with E-state index < -0.39 is 0 Å². The van der Waals surface area contributed by atoms with Crippen LogP contribution in [0, 0.1) is 12.8 Å². The first-order chi connectivity index (χ1) is 11.1. The lowest BCUT2D eigenvalue weighted by molar-refractivity contribution is -0.121. The molecular weight excluding hydrogens is 288 g/mol. The molecule has 1 amide bonds. The maximum atomic E-state index is 13.2. The molecule has 1 saturated heterocycles. The van der Waals surface area contributed by atoms with Crippen molar-refractivity contribution in [2.24, 2.45) is 5.92 Å². The van der Waals surface area contributed by atoms with Gasteiger partial charge in [0.1, 0.15) is 6.04 Å². The molecule has 124 valence electrons. The summed E-state index contributed by atoms with van der Waals surface area (Å²) in [6.07, 6.45) is 7.06. The lowest BCUT2D eigenvalue weighted by atomic mass is 10.0. The van der Waals surface area contributed by atoms with Crippen LogP contribution >= 0.6 is 0 Å². The van der Waals surface area contributed by atoms with E-state index in [-0.39, 0.29) is 11.9 Å². The van der Waals surface area contributed by atoms with Gasteiger partial charge in [-0.2, -0.15) is 0 Å². The maximum Gasteiger partial charge on any atom is 0.251 e. The minimum absolute atomic E-state index is 0.0714. The van der Waals surface area contributed by atoms with E-state index in [1.165, 1.54) is 25.7 Å². The van der Waals surface area contributed by atoms with Crippen LogP contribution in [0.4, 0.5) is 11.5 Å². The maximum absolute atomic E-state index is 13.2. The van der Waals surface area contributed by atoms with E-state index >= 15 is 0 Å². The second-order valence-electron chi connectivity index (χ2n) is 7.43. The molecule has 4 rings (SSSR count). The highest BCUT2D eigenvalue weighted by Gasteiger charge is 2.42. The number of rotatable bonds is 2. The van der Waals surface area contributed by atoms with E-state index in [9.17, 15) is 4.79 Å². The predicted octanol–water partition coefficient (Wildman–Crippen LogP) is 2.05. The van der Waals surface area contributed by atoms with Gasteiger partial charge in [0, 0.05) is 32.4 Å². The quantitative estimate of drug-likeness (QED) is 0.837. The highest BCUT2D eigenvalue weighted by Crippen LogP contribution is 2.38. The molecule has 0 N–H and O–H groups in total. The van der Waals surface area contributed by atoms with Gasteiger partial charge in [0.05, 0.1) is 5.69 Å². The third-order valence-corrected chi connectivity index (χ3v) is 5.60. The Kier molecular flexibility index (Phi) is 3.76. The van der Waals surface area contributed by atoms with Gasteiger partial charge in [-0.3, -0.25) is 4.79 Å². The monoisotopic (exact) mass is 314 g/mol. The van der Waals surface area contributed by atoms with E-state index in [1.54, 1.807) is 0 Å². The summed E-state index contributed by atoms with van der Waals surface area (Å²) in [6, 6.07) is 2.07. The number of nitrogens with zero attached hydrogens (tertiary/aromatic N) is 4. The van der Waals surface area contributed by atoms with Gasteiger partial charge in [-0.05, 0) is 44.4 Å². The molecule has 2 aliphatic heterocycles. The first-order valence-corrected chi connectivity index (χ1v) is 8.86. The van der Waals surface area contributed by atoms with Crippen LogP contribution < -0.4 is 9.80 Å². The third kappa shape index (κ3) is 2.61. The molecule has 1 aromatic rings. The molecule has 0 aromatic carbocycles. The molecule has 0 bridgehead atoms. The fraction of sp³-hybridized carbons (Fsp3) is 0.667. The largest absolute Gasteiger partial charge is 0.340 e. The van der Waals surface area contributed by atoms with Crippen molar-refractivity contribution in [1.82, 2.24) is 9.88 Å². The van der Waals surface area contributed by atoms with Crippen molar-refractivity contribution < 1.29 is 4.79 Å². The van der Waals surface area contributed by atoms with Crippen LogP contribution in [0.15, 0.2) is 12.3 Å². The number of piperazine rings is 1. The molecular formula is C18H26N4O. The number of hydrogen-bond acceptors (Lipinski definition) is 4. The fourth-order valence-corrected chi connectivity index (χ4v) is 4.29. The number of carbonyl (C=O) groups is 1. The van der Waals surface area contributed by atoms with Gasteiger partial charge >= 0.3 is 0 Å². The molecule has 2 fully saturated rings. The fourth-order valence-electron chi connectivity index (χ4n) is 4.29. The van der Waals surface area contributed by atoms with Gasteiger partial charge in [0.2, 0.25) is 0 Å². The number of aromatic nitrogens is 1. The molecule has 3 aliphatic rings. The Bertz CT molecular complexity index is 611. The lowest BCUT2D eigenvalue weighted by Gasteiger charge is -2.47. The van der Waals surface area contributed by atoms with E-state index in [0.717, 1.165) is 43.2 Å². The number of likely N-dealkylation sites (N-methyl/N-ethyl adjacent to an activating group) is 1. The summed E-state index contributed by atoms with van der Waals surface area (Å²) in [5.74, 6) is 1.93. The first-order valence-electron chi connectivity index (χ1n) is 8.86. The molecule has 0 radical (unpaired) electrons. The summed E-state index contributed by atoms with van der Waals surface area (Å²) in [7, 11) is 2.10. The number of pyridine rings is 1. The first kappa shape index (κ1) is 14.9. The van der Waals surface area contributed by atoms with Crippen molar-refractivity contribution in [3.05, 3.63) is 17.8 Å². The van der Waals surface area contributed by atoms with Gasteiger partial charge in [0.25, 0.3) is 5.91 Å². The van der Waals surface area contributed by atoms with Crippen LogP contribution in [0.25, 0.3) is 0 Å². The molecule has 0 unspecified atom stereocenters. The van der Waals surface area contributed by atoms with Crippen molar-refractivity contribution in [3.8, 4) is 0 Å². The number of hydrogen-bond donors (Lipinski definition) is 0. The number of anilines is 2. The van der Waals surface area contributed by atoms with Crippen LogP contribution in [0.1, 0.15) is 31.2 Å². The molecule has 23 heavy (non-hydrogen) atoms. The van der Waals surface area contributed by atoms with Crippen LogP contribution in [0.5, 0.6) is 0 Å². The summed E-state index contributed by atoms with van der Waals surface area (Å²) in [5.41, 5.74) is 2.16. The lowest BCUT2D eigenvalue weighted by Crippen LogP contribution is -2.62. The zero-order valence-electron chi connectivity index (χ0n) is 14.2. The molecule has 0 spiro atoms. The Morgan fingerprint density at radius 3 is 2.83 bits per heavy atom. The second-order valence-corrected chi connectivity index (χ2v) is 7.43. The Hall–Kier alpha value is -1.62. The van der Waals surface area contributed by atoms with Crippen LogP contribution in [0.3, 0.4) is 0 Å². The van der Waals surface area contributed by atoms with Crippen LogP contribution in [-0.2, 0) is 4.79 Å². The molecule has 1 saturated carbocycles. The van der Waals surface area contributed by atoms with Crippen molar-refractivity contribution in [1.29, 1.82) is 0 Å². The van der Waals surface area contributed by atoms with Gasteiger partial charge in [-0.1, -0.05) is 12.8 Å². The number of amides is 1. The van der Waals surface area contributed by atoms with Gasteiger partial charge in [-0.15, -0.1) is 0 Å². The summed E-state index contributed by atoms with van der Waals surface area (Å²) in [5, 5.41) is 0.